The van der Waals surface area contributed by atoms with E-state index < -0.39 is 10.0 Å². The second kappa shape index (κ2) is 4.55. The van der Waals surface area contributed by atoms with Crippen LogP contribution < -0.4 is 10.9 Å². The van der Waals surface area contributed by atoms with Gasteiger partial charge in [0.2, 0.25) is 0 Å². The van der Waals surface area contributed by atoms with Gasteiger partial charge in [0.25, 0.3) is 10.0 Å². The quantitative estimate of drug-likeness (QED) is 0.808. The van der Waals surface area contributed by atoms with E-state index in [4.69, 9.17) is 17.4 Å². The number of sulfonamides is 1. The molecule has 6 nitrogen and oxygen atoms in total. The number of anilines is 1. The topological polar surface area (TPSA) is 88.7 Å². The fourth-order valence-corrected chi connectivity index (χ4v) is 3.33. The molecule has 0 amide bonds. The van der Waals surface area contributed by atoms with Crippen LogP contribution in [0.15, 0.2) is 51.9 Å². The van der Waals surface area contributed by atoms with E-state index in [0.29, 0.717) is 16.4 Å². The Bertz CT molecular complexity index is 805. The second-order valence-electron chi connectivity index (χ2n) is 4.09. The molecule has 3 rings (SSSR count). The molecule has 0 atom stereocenters. The van der Waals surface area contributed by atoms with Crippen molar-refractivity contribution in [2.75, 3.05) is 5.01 Å². The summed E-state index contributed by atoms with van der Waals surface area (Å²) in [6.45, 7) is 0. The van der Waals surface area contributed by atoms with Gasteiger partial charge in [-0.2, -0.15) is 8.42 Å². The van der Waals surface area contributed by atoms with Gasteiger partial charge in [-0.1, -0.05) is 17.7 Å². The Kier molecular flexibility index (Phi) is 2.97. The summed E-state index contributed by atoms with van der Waals surface area (Å²) in [5.74, 6) is 6.02. The Balaban J connectivity index is 2.23. The van der Waals surface area contributed by atoms with Crippen LogP contribution in [0.5, 0.6) is 0 Å². The largest absolute Gasteiger partial charge is 0.286 e. The van der Waals surface area contributed by atoms with E-state index in [-0.39, 0.29) is 10.7 Å². The maximum absolute atomic E-state index is 12.2. The Hall–Kier alpha value is -1.96. The lowest BCUT2D eigenvalue weighted by molar-refractivity contribution is 0.597. The second-order valence-corrected chi connectivity index (χ2v) is 6.10. The molecule has 0 spiro atoms. The zero-order chi connectivity index (χ0) is 14.3. The first-order valence-corrected chi connectivity index (χ1v) is 7.41. The molecule has 20 heavy (non-hydrogen) atoms. The molecule has 0 fully saturated rings. The summed E-state index contributed by atoms with van der Waals surface area (Å²) in [5.41, 5.74) is 0.684. The summed E-state index contributed by atoms with van der Waals surface area (Å²) in [4.78, 5) is 4.04. The van der Waals surface area contributed by atoms with E-state index >= 15 is 0 Å². The molecule has 0 saturated carbocycles. The highest BCUT2D eigenvalue weighted by molar-refractivity contribution is 7.90. The van der Waals surface area contributed by atoms with Crippen LogP contribution in [0.1, 0.15) is 5.69 Å². The summed E-state index contributed by atoms with van der Waals surface area (Å²) in [5, 5.41) is 1.49. The summed E-state index contributed by atoms with van der Waals surface area (Å²) >= 11 is 5.82. The Morgan fingerprint density at radius 3 is 2.70 bits per heavy atom. The van der Waals surface area contributed by atoms with E-state index in [0.717, 1.165) is 0 Å². The third-order valence-electron chi connectivity index (χ3n) is 2.79. The molecule has 1 aliphatic heterocycles. The van der Waals surface area contributed by atoms with Crippen molar-refractivity contribution in [3.05, 3.63) is 53.3 Å². The van der Waals surface area contributed by atoms with Crippen molar-refractivity contribution in [2.24, 2.45) is 10.2 Å². The first-order valence-electron chi connectivity index (χ1n) is 5.60. The number of fused-ring (bicyclic) bond motifs is 1. The van der Waals surface area contributed by atoms with Crippen LogP contribution in [0.2, 0.25) is 5.02 Å². The van der Waals surface area contributed by atoms with Crippen molar-refractivity contribution in [1.82, 2.24) is 4.98 Å². The first-order chi connectivity index (χ1) is 9.49. The van der Waals surface area contributed by atoms with Crippen molar-refractivity contribution in [1.29, 1.82) is 0 Å². The number of rotatable bonds is 1. The molecule has 1 aliphatic rings. The van der Waals surface area contributed by atoms with Crippen LogP contribution in [0.3, 0.4) is 0 Å². The van der Waals surface area contributed by atoms with E-state index in [2.05, 4.69) is 9.38 Å². The first kappa shape index (κ1) is 13.0. The van der Waals surface area contributed by atoms with Gasteiger partial charge < -0.3 is 0 Å². The standard InChI is InChI=1S/C12H9ClN4O2S/c13-8-4-5-10-11(7-8)20(18,19)16-12(17(10)14)9-3-1-2-6-15-9/h1-7H,14H2. The lowest BCUT2D eigenvalue weighted by atomic mass is 10.2. The smallest absolute Gasteiger partial charge is 0.258 e. The highest BCUT2D eigenvalue weighted by Crippen LogP contribution is 2.32. The average molecular weight is 309 g/mol. The summed E-state index contributed by atoms with van der Waals surface area (Å²) in [6, 6.07) is 9.50. The van der Waals surface area contributed by atoms with Crippen LogP contribution in [0.25, 0.3) is 0 Å². The normalized spacial score (nSPS) is 16.5. The molecular formula is C12H9ClN4O2S. The lowest BCUT2D eigenvalue weighted by Gasteiger charge is -2.26. The molecule has 2 heterocycles. The molecular weight excluding hydrogens is 300 g/mol. The number of hydrazine groups is 1. The van der Waals surface area contributed by atoms with E-state index in [1.807, 2.05) is 0 Å². The van der Waals surface area contributed by atoms with Gasteiger partial charge in [-0.15, -0.1) is 4.40 Å². The van der Waals surface area contributed by atoms with Gasteiger partial charge in [0.05, 0.1) is 5.69 Å². The van der Waals surface area contributed by atoms with E-state index in [1.54, 1.807) is 24.3 Å². The minimum Gasteiger partial charge on any atom is -0.258 e. The van der Waals surface area contributed by atoms with Gasteiger partial charge in [0.1, 0.15) is 10.6 Å². The predicted octanol–water partition coefficient (Wildman–Crippen LogP) is 1.56. The van der Waals surface area contributed by atoms with Gasteiger partial charge in [0, 0.05) is 11.2 Å². The van der Waals surface area contributed by atoms with Crippen LogP contribution in [0.4, 0.5) is 5.69 Å². The molecule has 0 saturated heterocycles. The van der Waals surface area contributed by atoms with Gasteiger partial charge in [-0.3, -0.25) is 9.99 Å². The molecule has 1 aromatic heterocycles. The van der Waals surface area contributed by atoms with E-state index in [9.17, 15) is 8.42 Å². The van der Waals surface area contributed by atoms with Crippen molar-refractivity contribution < 1.29 is 8.42 Å². The Morgan fingerprint density at radius 1 is 1.20 bits per heavy atom. The predicted molar refractivity (Wildman–Crippen MR) is 76.1 cm³/mol. The third-order valence-corrected chi connectivity index (χ3v) is 4.32. The van der Waals surface area contributed by atoms with Crippen LogP contribution in [-0.2, 0) is 10.0 Å². The number of nitrogens with zero attached hydrogens (tertiary/aromatic N) is 3. The van der Waals surface area contributed by atoms with Crippen molar-refractivity contribution >= 4 is 33.1 Å². The zero-order valence-corrected chi connectivity index (χ0v) is 11.6. The zero-order valence-electron chi connectivity index (χ0n) is 10.1. The number of halogens is 1. The molecule has 0 unspecified atom stereocenters. The highest BCUT2D eigenvalue weighted by Gasteiger charge is 2.30. The van der Waals surface area contributed by atoms with Crippen molar-refractivity contribution in [2.45, 2.75) is 4.90 Å². The van der Waals surface area contributed by atoms with Gasteiger partial charge in [-0.25, -0.2) is 5.84 Å². The van der Waals surface area contributed by atoms with Crippen LogP contribution in [-0.4, -0.2) is 19.2 Å². The molecule has 1 aromatic carbocycles. The number of hydrogen-bond donors (Lipinski definition) is 1. The number of amidine groups is 1. The summed E-state index contributed by atoms with van der Waals surface area (Å²) < 4.78 is 28.1. The molecule has 2 aromatic rings. The number of benzene rings is 1. The number of aromatic nitrogens is 1. The molecule has 102 valence electrons. The van der Waals surface area contributed by atoms with Gasteiger partial charge in [-0.05, 0) is 30.3 Å². The highest BCUT2D eigenvalue weighted by atomic mass is 35.5. The maximum Gasteiger partial charge on any atom is 0.286 e. The van der Waals surface area contributed by atoms with Gasteiger partial charge in [0.15, 0.2) is 5.84 Å². The van der Waals surface area contributed by atoms with Crippen LogP contribution in [0, 0.1) is 0 Å². The molecule has 0 radical (unpaired) electrons. The maximum atomic E-state index is 12.2. The monoisotopic (exact) mass is 308 g/mol. The minimum atomic E-state index is -3.85. The molecule has 0 bridgehead atoms. The fraction of sp³-hybridized carbons (Fsp3) is 0. The minimum absolute atomic E-state index is 0.0211. The summed E-state index contributed by atoms with van der Waals surface area (Å²) in [6.07, 6.45) is 1.54. The molecule has 0 aliphatic carbocycles. The Labute approximate surface area is 120 Å². The number of nitrogens with two attached hydrogens (primary N) is 1. The van der Waals surface area contributed by atoms with Crippen LogP contribution >= 0.6 is 11.6 Å². The molecule has 8 heteroatoms. The number of hydrogen-bond acceptors (Lipinski definition) is 5. The van der Waals surface area contributed by atoms with Gasteiger partial charge >= 0.3 is 0 Å². The van der Waals surface area contributed by atoms with Crippen molar-refractivity contribution in [3.8, 4) is 0 Å². The average Bonchev–Trinajstić information content (AvgIpc) is 2.44. The third kappa shape index (κ3) is 2.05. The van der Waals surface area contributed by atoms with Crippen molar-refractivity contribution in [3.63, 3.8) is 0 Å². The Morgan fingerprint density at radius 2 is 2.00 bits per heavy atom. The molecule has 2 N–H and O–H groups in total. The lowest BCUT2D eigenvalue weighted by Crippen LogP contribution is -2.42. The fourth-order valence-electron chi connectivity index (χ4n) is 1.88. The van der Waals surface area contributed by atoms with E-state index in [1.165, 1.54) is 23.3 Å². The number of pyridine rings is 1. The SMILES string of the molecule is NN1C(c2ccccn2)=NS(=O)(=O)c2cc(Cl)ccc21. The summed E-state index contributed by atoms with van der Waals surface area (Å²) in [7, 11) is -3.85.